The molecule has 4 heteroatoms. The molecular formula is C10H11BrO3. The Bertz CT molecular complexity index is 336. The van der Waals surface area contributed by atoms with Crippen molar-refractivity contribution in [3.05, 3.63) is 28.2 Å². The smallest absolute Gasteiger partial charge is 0.341 e. The Kier molecular flexibility index (Phi) is 3.95. The number of hydrogen-bond donors (Lipinski definition) is 1. The van der Waals surface area contributed by atoms with Gasteiger partial charge in [-0.3, -0.25) is 0 Å². The van der Waals surface area contributed by atoms with Gasteiger partial charge in [-0.15, -0.1) is 0 Å². The lowest BCUT2D eigenvalue weighted by atomic mass is 10.1. The largest absolute Gasteiger partial charge is 0.482 e. The molecular weight excluding hydrogens is 248 g/mol. The maximum absolute atomic E-state index is 10.3. The van der Waals surface area contributed by atoms with Gasteiger partial charge in [0.05, 0.1) is 0 Å². The zero-order chi connectivity index (χ0) is 10.6. The summed E-state index contributed by atoms with van der Waals surface area (Å²) in [6.45, 7) is 1.69. The first-order valence-electron chi connectivity index (χ1n) is 4.26. The fourth-order valence-corrected chi connectivity index (χ4v) is 1.43. The van der Waals surface area contributed by atoms with E-state index in [4.69, 9.17) is 9.84 Å². The number of carboxylic acid groups (broad SMARTS) is 1. The van der Waals surface area contributed by atoms with Gasteiger partial charge in [-0.05, 0) is 24.1 Å². The van der Waals surface area contributed by atoms with Crippen molar-refractivity contribution in [2.24, 2.45) is 0 Å². The highest BCUT2D eigenvalue weighted by atomic mass is 79.9. The normalized spacial score (nSPS) is 9.86. The molecule has 0 saturated heterocycles. The monoisotopic (exact) mass is 258 g/mol. The predicted octanol–water partition coefficient (Wildman–Crippen LogP) is 2.47. The summed E-state index contributed by atoms with van der Waals surface area (Å²) in [5, 5.41) is 8.47. The van der Waals surface area contributed by atoms with Crippen molar-refractivity contribution in [1.29, 1.82) is 0 Å². The highest BCUT2D eigenvalue weighted by molar-refractivity contribution is 9.10. The Hall–Kier alpha value is -1.03. The van der Waals surface area contributed by atoms with Gasteiger partial charge >= 0.3 is 5.97 Å². The SMILES string of the molecule is CCc1ccc(Br)cc1OCC(=O)O. The van der Waals surface area contributed by atoms with Crippen LogP contribution in [0.15, 0.2) is 22.7 Å². The topological polar surface area (TPSA) is 46.5 Å². The third-order valence-corrected chi connectivity index (χ3v) is 2.25. The first kappa shape index (κ1) is 11.0. The van der Waals surface area contributed by atoms with E-state index in [9.17, 15) is 4.79 Å². The molecule has 0 fully saturated rings. The molecule has 14 heavy (non-hydrogen) atoms. The lowest BCUT2D eigenvalue weighted by Gasteiger charge is -2.08. The Morgan fingerprint density at radius 2 is 2.29 bits per heavy atom. The molecule has 1 rings (SSSR count). The van der Waals surface area contributed by atoms with Crippen LogP contribution >= 0.6 is 15.9 Å². The molecule has 0 heterocycles. The average molecular weight is 259 g/mol. The number of ether oxygens (including phenoxy) is 1. The van der Waals surface area contributed by atoms with E-state index in [0.29, 0.717) is 5.75 Å². The molecule has 0 radical (unpaired) electrons. The lowest BCUT2D eigenvalue weighted by Crippen LogP contribution is -2.10. The lowest BCUT2D eigenvalue weighted by molar-refractivity contribution is -0.139. The van der Waals surface area contributed by atoms with Gasteiger partial charge < -0.3 is 9.84 Å². The third-order valence-electron chi connectivity index (χ3n) is 1.76. The molecule has 3 nitrogen and oxygen atoms in total. The fraction of sp³-hybridized carbons (Fsp3) is 0.300. The Balaban J connectivity index is 2.82. The van der Waals surface area contributed by atoms with Crippen LogP contribution in [0.4, 0.5) is 0 Å². The number of carbonyl (C=O) groups is 1. The van der Waals surface area contributed by atoms with Gasteiger partial charge in [-0.1, -0.05) is 28.9 Å². The zero-order valence-corrected chi connectivity index (χ0v) is 9.37. The molecule has 0 amide bonds. The van der Waals surface area contributed by atoms with E-state index < -0.39 is 5.97 Å². The van der Waals surface area contributed by atoms with Crippen LogP contribution in [0.1, 0.15) is 12.5 Å². The molecule has 0 atom stereocenters. The van der Waals surface area contributed by atoms with Crippen molar-refractivity contribution in [3.8, 4) is 5.75 Å². The standard InChI is InChI=1S/C10H11BrO3/c1-2-7-3-4-8(11)5-9(7)14-6-10(12)13/h3-5H,2,6H2,1H3,(H,12,13). The van der Waals surface area contributed by atoms with Crippen LogP contribution in [0.5, 0.6) is 5.75 Å². The highest BCUT2D eigenvalue weighted by Gasteiger charge is 2.04. The van der Waals surface area contributed by atoms with E-state index in [2.05, 4.69) is 15.9 Å². The van der Waals surface area contributed by atoms with Crippen molar-refractivity contribution in [3.63, 3.8) is 0 Å². The number of aryl methyl sites for hydroxylation is 1. The van der Waals surface area contributed by atoms with Crippen LogP contribution in [0.3, 0.4) is 0 Å². The van der Waals surface area contributed by atoms with Crippen LogP contribution in [0, 0.1) is 0 Å². The molecule has 0 aliphatic rings. The van der Waals surface area contributed by atoms with Gasteiger partial charge in [0, 0.05) is 4.47 Å². The van der Waals surface area contributed by atoms with Crippen LogP contribution < -0.4 is 4.74 Å². The summed E-state index contributed by atoms with van der Waals surface area (Å²) in [5.74, 6) is -0.337. The van der Waals surface area contributed by atoms with Gasteiger partial charge in [0.15, 0.2) is 6.61 Å². The average Bonchev–Trinajstić information content (AvgIpc) is 2.15. The minimum absolute atomic E-state index is 0.302. The molecule has 0 unspecified atom stereocenters. The summed E-state index contributed by atoms with van der Waals surface area (Å²) >= 11 is 3.31. The van der Waals surface area contributed by atoms with Crippen LogP contribution in [-0.4, -0.2) is 17.7 Å². The minimum atomic E-state index is -0.966. The van der Waals surface area contributed by atoms with Gasteiger partial charge in [0.1, 0.15) is 5.75 Å². The minimum Gasteiger partial charge on any atom is -0.482 e. The highest BCUT2D eigenvalue weighted by Crippen LogP contribution is 2.24. The number of hydrogen-bond acceptors (Lipinski definition) is 2. The number of benzene rings is 1. The molecule has 0 spiro atoms. The molecule has 1 aromatic rings. The van der Waals surface area contributed by atoms with Crippen LogP contribution in [-0.2, 0) is 11.2 Å². The van der Waals surface area contributed by atoms with Crippen molar-refractivity contribution in [1.82, 2.24) is 0 Å². The first-order chi connectivity index (χ1) is 6.63. The van der Waals surface area contributed by atoms with Crippen LogP contribution in [0.25, 0.3) is 0 Å². The van der Waals surface area contributed by atoms with Gasteiger partial charge in [-0.2, -0.15) is 0 Å². The van der Waals surface area contributed by atoms with Crippen molar-refractivity contribution in [2.45, 2.75) is 13.3 Å². The molecule has 0 aliphatic carbocycles. The summed E-state index contributed by atoms with van der Waals surface area (Å²) in [6.07, 6.45) is 0.822. The van der Waals surface area contributed by atoms with Gasteiger partial charge in [-0.25, -0.2) is 4.79 Å². The third kappa shape index (κ3) is 3.03. The van der Waals surface area contributed by atoms with Crippen molar-refractivity contribution in [2.75, 3.05) is 6.61 Å². The van der Waals surface area contributed by atoms with E-state index in [-0.39, 0.29) is 6.61 Å². The molecule has 0 aliphatic heterocycles. The quantitative estimate of drug-likeness (QED) is 0.903. The van der Waals surface area contributed by atoms with E-state index in [1.165, 1.54) is 0 Å². The maximum Gasteiger partial charge on any atom is 0.341 e. The molecule has 1 aromatic carbocycles. The number of halogens is 1. The number of aliphatic carboxylic acids is 1. The summed E-state index contributed by atoms with van der Waals surface area (Å²) < 4.78 is 6.03. The molecule has 0 aromatic heterocycles. The second-order valence-corrected chi connectivity index (χ2v) is 3.70. The maximum atomic E-state index is 10.3. The number of rotatable bonds is 4. The van der Waals surface area contributed by atoms with Crippen molar-refractivity contribution >= 4 is 21.9 Å². The Morgan fingerprint density at radius 1 is 1.57 bits per heavy atom. The molecule has 76 valence electrons. The summed E-state index contributed by atoms with van der Waals surface area (Å²) in [4.78, 5) is 10.3. The summed E-state index contributed by atoms with van der Waals surface area (Å²) in [5.41, 5.74) is 1.01. The van der Waals surface area contributed by atoms with E-state index in [1.807, 2.05) is 19.1 Å². The zero-order valence-electron chi connectivity index (χ0n) is 7.79. The Labute approximate surface area is 90.8 Å². The second-order valence-electron chi connectivity index (χ2n) is 2.79. The Morgan fingerprint density at radius 3 is 2.86 bits per heavy atom. The van der Waals surface area contributed by atoms with E-state index in [0.717, 1.165) is 16.5 Å². The van der Waals surface area contributed by atoms with Gasteiger partial charge in [0.2, 0.25) is 0 Å². The van der Waals surface area contributed by atoms with Crippen molar-refractivity contribution < 1.29 is 14.6 Å². The predicted molar refractivity (Wildman–Crippen MR) is 56.7 cm³/mol. The molecule has 0 saturated carbocycles. The van der Waals surface area contributed by atoms with Gasteiger partial charge in [0.25, 0.3) is 0 Å². The first-order valence-corrected chi connectivity index (χ1v) is 5.05. The number of carboxylic acids is 1. The summed E-state index contributed by atoms with van der Waals surface area (Å²) in [7, 11) is 0. The molecule has 1 N–H and O–H groups in total. The fourth-order valence-electron chi connectivity index (χ4n) is 1.09. The molecule has 0 bridgehead atoms. The van der Waals surface area contributed by atoms with Crippen LogP contribution in [0.2, 0.25) is 0 Å². The van der Waals surface area contributed by atoms with E-state index in [1.54, 1.807) is 6.07 Å². The second kappa shape index (κ2) is 5.00. The van der Waals surface area contributed by atoms with E-state index >= 15 is 0 Å². The summed E-state index contributed by atoms with van der Waals surface area (Å²) in [6, 6.07) is 5.61.